The number of urea groups is 1. The maximum absolute atomic E-state index is 11.9. The Kier molecular flexibility index (Phi) is 5.83. The minimum absolute atomic E-state index is 0.226. The highest BCUT2D eigenvalue weighted by Gasteiger charge is 2.03. The SMILES string of the molecule is CCOc1ccc(CNC(=O)Nc2ccc(Br)c(C)c2)cc1. The fraction of sp³-hybridized carbons (Fsp3) is 0.235. The van der Waals surface area contributed by atoms with Crippen LogP contribution in [-0.4, -0.2) is 12.6 Å². The largest absolute Gasteiger partial charge is 0.494 e. The molecule has 116 valence electrons. The summed E-state index contributed by atoms with van der Waals surface area (Å²) < 4.78 is 6.40. The molecule has 0 saturated carbocycles. The number of carbonyl (C=O) groups excluding carboxylic acids is 1. The van der Waals surface area contributed by atoms with Crippen molar-refractivity contribution in [3.05, 3.63) is 58.1 Å². The summed E-state index contributed by atoms with van der Waals surface area (Å²) in [6, 6.07) is 13.1. The second-order valence-corrected chi connectivity index (χ2v) is 5.70. The number of amides is 2. The topological polar surface area (TPSA) is 50.4 Å². The highest BCUT2D eigenvalue weighted by molar-refractivity contribution is 9.10. The lowest BCUT2D eigenvalue weighted by Gasteiger charge is -2.09. The average molecular weight is 363 g/mol. The number of rotatable bonds is 5. The number of aryl methyl sites for hydroxylation is 1. The summed E-state index contributed by atoms with van der Waals surface area (Å²) >= 11 is 3.44. The van der Waals surface area contributed by atoms with E-state index in [1.165, 1.54) is 0 Å². The number of benzene rings is 2. The van der Waals surface area contributed by atoms with Crippen LogP contribution >= 0.6 is 15.9 Å². The van der Waals surface area contributed by atoms with E-state index in [0.717, 1.165) is 27.0 Å². The molecule has 0 aliphatic heterocycles. The molecule has 22 heavy (non-hydrogen) atoms. The zero-order valence-corrected chi connectivity index (χ0v) is 14.2. The summed E-state index contributed by atoms with van der Waals surface area (Å²) in [5, 5.41) is 5.65. The molecule has 0 saturated heterocycles. The molecule has 2 aromatic carbocycles. The second-order valence-electron chi connectivity index (χ2n) is 4.85. The summed E-state index contributed by atoms with van der Waals surface area (Å²) in [5.41, 5.74) is 2.86. The van der Waals surface area contributed by atoms with E-state index in [4.69, 9.17) is 4.74 Å². The van der Waals surface area contributed by atoms with Crippen LogP contribution < -0.4 is 15.4 Å². The summed E-state index contributed by atoms with van der Waals surface area (Å²) in [6.07, 6.45) is 0. The van der Waals surface area contributed by atoms with Crippen molar-refractivity contribution in [3.63, 3.8) is 0 Å². The quantitative estimate of drug-likeness (QED) is 0.823. The van der Waals surface area contributed by atoms with E-state index >= 15 is 0 Å². The zero-order valence-electron chi connectivity index (χ0n) is 12.7. The molecule has 2 amide bonds. The van der Waals surface area contributed by atoms with Crippen LogP contribution in [0.5, 0.6) is 5.75 Å². The molecule has 0 spiro atoms. The lowest BCUT2D eigenvalue weighted by molar-refractivity contribution is 0.251. The van der Waals surface area contributed by atoms with Crippen LogP contribution in [0.25, 0.3) is 0 Å². The van der Waals surface area contributed by atoms with Gasteiger partial charge in [-0.25, -0.2) is 4.79 Å². The van der Waals surface area contributed by atoms with Gasteiger partial charge >= 0.3 is 6.03 Å². The van der Waals surface area contributed by atoms with Crippen molar-refractivity contribution in [1.82, 2.24) is 5.32 Å². The van der Waals surface area contributed by atoms with Gasteiger partial charge in [0.1, 0.15) is 5.75 Å². The van der Waals surface area contributed by atoms with Crippen molar-refractivity contribution < 1.29 is 9.53 Å². The van der Waals surface area contributed by atoms with Crippen molar-refractivity contribution in [3.8, 4) is 5.75 Å². The Labute approximate surface area is 139 Å². The van der Waals surface area contributed by atoms with E-state index in [1.54, 1.807) is 0 Å². The minimum Gasteiger partial charge on any atom is -0.494 e. The van der Waals surface area contributed by atoms with Gasteiger partial charge in [-0.05, 0) is 55.3 Å². The van der Waals surface area contributed by atoms with Gasteiger partial charge in [-0.15, -0.1) is 0 Å². The lowest BCUT2D eigenvalue weighted by Crippen LogP contribution is -2.28. The Morgan fingerprint density at radius 2 is 1.91 bits per heavy atom. The third kappa shape index (κ3) is 4.77. The molecule has 0 aliphatic rings. The van der Waals surface area contributed by atoms with Crippen LogP contribution in [0.1, 0.15) is 18.1 Å². The maximum atomic E-state index is 11.9. The fourth-order valence-electron chi connectivity index (χ4n) is 1.95. The highest BCUT2D eigenvalue weighted by Crippen LogP contribution is 2.19. The summed E-state index contributed by atoms with van der Waals surface area (Å²) in [7, 11) is 0. The van der Waals surface area contributed by atoms with Gasteiger partial charge in [-0.1, -0.05) is 28.1 Å². The molecular formula is C17H19BrN2O2. The Balaban J connectivity index is 1.85. The standard InChI is InChI=1S/C17H19BrN2O2/c1-3-22-15-7-4-13(5-8-15)11-19-17(21)20-14-6-9-16(18)12(2)10-14/h4-10H,3,11H2,1-2H3,(H2,19,20,21). The van der Waals surface area contributed by atoms with Crippen LogP contribution in [-0.2, 0) is 6.54 Å². The van der Waals surface area contributed by atoms with Gasteiger partial charge in [-0.3, -0.25) is 0 Å². The molecule has 0 aromatic heterocycles. The number of ether oxygens (including phenoxy) is 1. The number of nitrogens with one attached hydrogen (secondary N) is 2. The normalized spacial score (nSPS) is 10.1. The number of carbonyl (C=O) groups is 1. The molecule has 0 fully saturated rings. The van der Waals surface area contributed by atoms with Gasteiger partial charge in [0.05, 0.1) is 6.61 Å². The number of halogens is 1. The number of hydrogen-bond donors (Lipinski definition) is 2. The van der Waals surface area contributed by atoms with Crippen LogP contribution in [0.2, 0.25) is 0 Å². The molecule has 2 rings (SSSR count). The molecule has 0 aliphatic carbocycles. The van der Waals surface area contributed by atoms with Gasteiger partial charge in [0.2, 0.25) is 0 Å². The lowest BCUT2D eigenvalue weighted by atomic mass is 10.2. The van der Waals surface area contributed by atoms with Crippen LogP contribution in [0.3, 0.4) is 0 Å². The smallest absolute Gasteiger partial charge is 0.319 e. The van der Waals surface area contributed by atoms with E-state index in [2.05, 4.69) is 26.6 Å². The van der Waals surface area contributed by atoms with Crippen LogP contribution in [0.15, 0.2) is 46.9 Å². The fourth-order valence-corrected chi connectivity index (χ4v) is 2.20. The maximum Gasteiger partial charge on any atom is 0.319 e. The molecular weight excluding hydrogens is 344 g/mol. The molecule has 0 radical (unpaired) electrons. The molecule has 4 nitrogen and oxygen atoms in total. The van der Waals surface area contributed by atoms with Crippen LogP contribution in [0, 0.1) is 6.92 Å². The Hall–Kier alpha value is -2.01. The first-order valence-electron chi connectivity index (χ1n) is 7.11. The molecule has 2 N–H and O–H groups in total. The molecule has 5 heteroatoms. The Bertz CT molecular complexity index is 642. The van der Waals surface area contributed by atoms with Crippen molar-refractivity contribution in [2.75, 3.05) is 11.9 Å². The van der Waals surface area contributed by atoms with Crippen molar-refractivity contribution in [2.24, 2.45) is 0 Å². The van der Waals surface area contributed by atoms with E-state index in [9.17, 15) is 4.79 Å². The molecule has 0 unspecified atom stereocenters. The minimum atomic E-state index is -0.226. The van der Waals surface area contributed by atoms with Crippen molar-refractivity contribution >= 4 is 27.6 Å². The molecule has 0 heterocycles. The molecule has 0 atom stereocenters. The second kappa shape index (κ2) is 7.84. The molecule has 0 bridgehead atoms. The van der Waals surface area contributed by atoms with Gasteiger partial charge < -0.3 is 15.4 Å². The van der Waals surface area contributed by atoms with E-state index < -0.39 is 0 Å². The Morgan fingerprint density at radius 1 is 1.18 bits per heavy atom. The van der Waals surface area contributed by atoms with E-state index in [0.29, 0.717) is 13.2 Å². The summed E-state index contributed by atoms with van der Waals surface area (Å²) in [5.74, 6) is 0.834. The van der Waals surface area contributed by atoms with Gasteiger partial charge in [-0.2, -0.15) is 0 Å². The van der Waals surface area contributed by atoms with E-state index in [1.807, 2.05) is 56.3 Å². The Morgan fingerprint density at radius 3 is 2.55 bits per heavy atom. The molecule has 2 aromatic rings. The van der Waals surface area contributed by atoms with Crippen molar-refractivity contribution in [1.29, 1.82) is 0 Å². The summed E-state index contributed by atoms with van der Waals surface area (Å²) in [4.78, 5) is 11.9. The van der Waals surface area contributed by atoms with Gasteiger partial charge in [0, 0.05) is 16.7 Å². The first kappa shape index (κ1) is 16.4. The predicted octanol–water partition coefficient (Wildman–Crippen LogP) is 4.48. The highest BCUT2D eigenvalue weighted by atomic mass is 79.9. The predicted molar refractivity (Wildman–Crippen MR) is 92.3 cm³/mol. The monoisotopic (exact) mass is 362 g/mol. The average Bonchev–Trinajstić information content (AvgIpc) is 2.51. The third-order valence-corrected chi connectivity index (χ3v) is 3.99. The van der Waals surface area contributed by atoms with Crippen molar-refractivity contribution in [2.45, 2.75) is 20.4 Å². The number of anilines is 1. The first-order valence-corrected chi connectivity index (χ1v) is 7.90. The summed E-state index contributed by atoms with van der Waals surface area (Å²) in [6.45, 7) is 5.04. The first-order chi connectivity index (χ1) is 10.6. The zero-order chi connectivity index (χ0) is 15.9. The number of hydrogen-bond acceptors (Lipinski definition) is 2. The van der Waals surface area contributed by atoms with Gasteiger partial charge in [0.25, 0.3) is 0 Å². The van der Waals surface area contributed by atoms with Crippen LogP contribution in [0.4, 0.5) is 10.5 Å². The van der Waals surface area contributed by atoms with E-state index in [-0.39, 0.29) is 6.03 Å². The third-order valence-electron chi connectivity index (χ3n) is 3.10. The van der Waals surface area contributed by atoms with Gasteiger partial charge in [0.15, 0.2) is 0 Å².